The molecule has 0 radical (unpaired) electrons. The van der Waals surface area contributed by atoms with Crippen molar-refractivity contribution >= 4 is 34.6 Å². The molecule has 2 aromatic carbocycles. The SMILES string of the molecule is S=C(NCCc1ccccc1)N1CCN(c2ccccc2Cl)CC1. The fourth-order valence-electron chi connectivity index (χ4n) is 2.93. The van der Waals surface area contributed by atoms with Gasteiger partial charge in [-0.05, 0) is 36.3 Å². The molecule has 24 heavy (non-hydrogen) atoms. The first kappa shape index (κ1) is 17.1. The van der Waals surface area contributed by atoms with Crippen molar-refractivity contribution in [3.05, 3.63) is 65.2 Å². The third kappa shape index (κ3) is 4.40. The average molecular weight is 360 g/mol. The lowest BCUT2D eigenvalue weighted by Crippen LogP contribution is -2.52. The second-order valence-electron chi connectivity index (χ2n) is 5.89. The smallest absolute Gasteiger partial charge is 0.169 e. The van der Waals surface area contributed by atoms with Gasteiger partial charge in [-0.2, -0.15) is 0 Å². The third-order valence-electron chi connectivity index (χ3n) is 4.29. The van der Waals surface area contributed by atoms with Gasteiger partial charge in [-0.15, -0.1) is 0 Å². The summed E-state index contributed by atoms with van der Waals surface area (Å²) in [5.74, 6) is 0. The van der Waals surface area contributed by atoms with Crippen molar-refractivity contribution in [3.63, 3.8) is 0 Å². The number of para-hydroxylation sites is 1. The molecule has 1 N–H and O–H groups in total. The maximum Gasteiger partial charge on any atom is 0.169 e. The van der Waals surface area contributed by atoms with E-state index in [1.165, 1.54) is 5.56 Å². The number of piperazine rings is 1. The third-order valence-corrected chi connectivity index (χ3v) is 5.01. The molecule has 0 amide bonds. The Balaban J connectivity index is 1.44. The molecule has 1 heterocycles. The van der Waals surface area contributed by atoms with Gasteiger partial charge < -0.3 is 15.1 Å². The van der Waals surface area contributed by atoms with Crippen LogP contribution in [0.15, 0.2) is 54.6 Å². The summed E-state index contributed by atoms with van der Waals surface area (Å²) in [5, 5.41) is 5.05. The van der Waals surface area contributed by atoms with Crippen LogP contribution >= 0.6 is 23.8 Å². The highest BCUT2D eigenvalue weighted by atomic mass is 35.5. The Kier molecular flexibility index (Phi) is 5.94. The van der Waals surface area contributed by atoms with Gasteiger partial charge >= 0.3 is 0 Å². The Bertz CT molecular complexity index is 669. The number of anilines is 1. The molecule has 0 unspecified atom stereocenters. The number of benzene rings is 2. The van der Waals surface area contributed by atoms with Gasteiger partial charge in [0, 0.05) is 32.7 Å². The van der Waals surface area contributed by atoms with Crippen LogP contribution in [0.4, 0.5) is 5.69 Å². The molecule has 1 fully saturated rings. The summed E-state index contributed by atoms with van der Waals surface area (Å²) in [6.45, 7) is 4.58. The van der Waals surface area contributed by atoms with Crippen LogP contribution in [0.2, 0.25) is 5.02 Å². The molecule has 1 aliphatic rings. The molecular weight excluding hydrogens is 338 g/mol. The van der Waals surface area contributed by atoms with Crippen molar-refractivity contribution < 1.29 is 0 Å². The van der Waals surface area contributed by atoms with Gasteiger partial charge in [0.1, 0.15) is 0 Å². The first-order chi connectivity index (χ1) is 11.7. The molecule has 3 nitrogen and oxygen atoms in total. The highest BCUT2D eigenvalue weighted by molar-refractivity contribution is 7.80. The molecule has 126 valence electrons. The molecule has 1 saturated heterocycles. The van der Waals surface area contributed by atoms with Crippen LogP contribution in [-0.4, -0.2) is 42.7 Å². The summed E-state index contributed by atoms with van der Waals surface area (Å²) >= 11 is 11.8. The summed E-state index contributed by atoms with van der Waals surface area (Å²) in [4.78, 5) is 4.57. The number of thiocarbonyl (C=S) groups is 1. The second-order valence-corrected chi connectivity index (χ2v) is 6.69. The number of hydrogen-bond acceptors (Lipinski definition) is 2. The molecule has 0 saturated carbocycles. The predicted molar refractivity (Wildman–Crippen MR) is 106 cm³/mol. The zero-order valence-corrected chi connectivity index (χ0v) is 15.2. The number of nitrogens with one attached hydrogen (secondary N) is 1. The lowest BCUT2D eigenvalue weighted by Gasteiger charge is -2.37. The van der Waals surface area contributed by atoms with Crippen molar-refractivity contribution in [2.45, 2.75) is 6.42 Å². The topological polar surface area (TPSA) is 18.5 Å². The van der Waals surface area contributed by atoms with Crippen LogP contribution in [-0.2, 0) is 6.42 Å². The summed E-state index contributed by atoms with van der Waals surface area (Å²) in [5.41, 5.74) is 2.44. The molecule has 0 aliphatic carbocycles. The van der Waals surface area contributed by atoms with E-state index in [-0.39, 0.29) is 0 Å². The molecule has 1 aliphatic heterocycles. The Hall–Kier alpha value is -1.78. The molecule has 0 bridgehead atoms. The number of halogens is 1. The van der Waals surface area contributed by atoms with E-state index in [9.17, 15) is 0 Å². The molecule has 0 aromatic heterocycles. The molecule has 3 rings (SSSR count). The average Bonchev–Trinajstić information content (AvgIpc) is 2.63. The Morgan fingerprint density at radius 2 is 1.62 bits per heavy atom. The van der Waals surface area contributed by atoms with Crippen LogP contribution < -0.4 is 10.2 Å². The van der Waals surface area contributed by atoms with E-state index in [0.29, 0.717) is 0 Å². The highest BCUT2D eigenvalue weighted by Crippen LogP contribution is 2.25. The van der Waals surface area contributed by atoms with Gasteiger partial charge in [0.25, 0.3) is 0 Å². The number of nitrogens with zero attached hydrogens (tertiary/aromatic N) is 2. The highest BCUT2D eigenvalue weighted by Gasteiger charge is 2.20. The lowest BCUT2D eigenvalue weighted by atomic mass is 10.1. The van der Waals surface area contributed by atoms with Crippen LogP contribution in [0.3, 0.4) is 0 Å². The normalized spacial score (nSPS) is 14.5. The summed E-state index contributed by atoms with van der Waals surface area (Å²) in [6, 6.07) is 18.5. The van der Waals surface area contributed by atoms with E-state index in [0.717, 1.165) is 55.0 Å². The lowest BCUT2D eigenvalue weighted by molar-refractivity contribution is 0.380. The van der Waals surface area contributed by atoms with Gasteiger partial charge in [0.05, 0.1) is 10.7 Å². The summed E-state index contributed by atoms with van der Waals surface area (Å²) in [6.07, 6.45) is 0.987. The standard InChI is InChI=1S/C19H22ClN3S/c20-17-8-4-5-9-18(17)22-12-14-23(15-13-22)19(24)21-11-10-16-6-2-1-3-7-16/h1-9H,10-15H2,(H,21,24). The monoisotopic (exact) mass is 359 g/mol. The molecule has 0 spiro atoms. The zero-order chi connectivity index (χ0) is 16.8. The van der Waals surface area contributed by atoms with E-state index in [2.05, 4.69) is 45.4 Å². The van der Waals surface area contributed by atoms with E-state index in [4.69, 9.17) is 23.8 Å². The minimum absolute atomic E-state index is 0.814. The second kappa shape index (κ2) is 8.36. The predicted octanol–water partition coefficient (Wildman–Crippen LogP) is 3.58. The van der Waals surface area contributed by atoms with Crippen molar-refractivity contribution in [2.75, 3.05) is 37.6 Å². The maximum atomic E-state index is 6.29. The fourth-order valence-corrected chi connectivity index (χ4v) is 3.47. The summed E-state index contributed by atoms with van der Waals surface area (Å²) in [7, 11) is 0. The molecular formula is C19H22ClN3S. The van der Waals surface area contributed by atoms with Crippen LogP contribution in [0.5, 0.6) is 0 Å². The van der Waals surface area contributed by atoms with Gasteiger partial charge in [-0.3, -0.25) is 0 Å². The fraction of sp³-hybridized carbons (Fsp3) is 0.316. The van der Waals surface area contributed by atoms with Gasteiger partial charge in [0.15, 0.2) is 5.11 Å². The largest absolute Gasteiger partial charge is 0.367 e. The van der Waals surface area contributed by atoms with Crippen molar-refractivity contribution in [1.29, 1.82) is 0 Å². The van der Waals surface area contributed by atoms with E-state index < -0.39 is 0 Å². The zero-order valence-electron chi connectivity index (χ0n) is 13.6. The van der Waals surface area contributed by atoms with Gasteiger partial charge in [-0.1, -0.05) is 54.1 Å². The van der Waals surface area contributed by atoms with E-state index >= 15 is 0 Å². The van der Waals surface area contributed by atoms with Crippen molar-refractivity contribution in [2.24, 2.45) is 0 Å². The molecule has 5 heteroatoms. The Morgan fingerprint density at radius 3 is 2.33 bits per heavy atom. The van der Waals surface area contributed by atoms with Crippen LogP contribution in [0.1, 0.15) is 5.56 Å². The molecule has 0 atom stereocenters. The Labute approximate surface area is 154 Å². The molecule has 2 aromatic rings. The van der Waals surface area contributed by atoms with Crippen molar-refractivity contribution in [3.8, 4) is 0 Å². The van der Waals surface area contributed by atoms with E-state index in [1.54, 1.807) is 0 Å². The van der Waals surface area contributed by atoms with E-state index in [1.807, 2.05) is 24.3 Å². The number of hydrogen-bond donors (Lipinski definition) is 1. The van der Waals surface area contributed by atoms with Crippen molar-refractivity contribution in [1.82, 2.24) is 10.2 Å². The van der Waals surface area contributed by atoms with Crippen LogP contribution in [0, 0.1) is 0 Å². The Morgan fingerprint density at radius 1 is 0.958 bits per heavy atom. The summed E-state index contributed by atoms with van der Waals surface area (Å²) < 4.78 is 0. The number of rotatable bonds is 4. The first-order valence-corrected chi connectivity index (χ1v) is 9.09. The first-order valence-electron chi connectivity index (χ1n) is 8.30. The minimum Gasteiger partial charge on any atom is -0.367 e. The minimum atomic E-state index is 0.814. The van der Waals surface area contributed by atoms with Gasteiger partial charge in [-0.25, -0.2) is 0 Å². The van der Waals surface area contributed by atoms with Gasteiger partial charge in [0.2, 0.25) is 0 Å². The maximum absolute atomic E-state index is 6.29. The quantitative estimate of drug-likeness (QED) is 0.841. The van der Waals surface area contributed by atoms with Crippen LogP contribution in [0.25, 0.3) is 0 Å².